The van der Waals surface area contributed by atoms with Gasteiger partial charge in [0.2, 0.25) is 10.0 Å². The number of aliphatic carboxylic acids is 1. The zero-order valence-corrected chi connectivity index (χ0v) is 15.4. The summed E-state index contributed by atoms with van der Waals surface area (Å²) in [4.78, 5) is 23.1. The Kier molecular flexibility index (Phi) is 6.57. The molecule has 1 atom stereocenters. The summed E-state index contributed by atoms with van der Waals surface area (Å²) in [5, 5.41) is 11.3. The average Bonchev–Trinajstić information content (AvgIpc) is 3.16. The fourth-order valence-corrected chi connectivity index (χ4v) is 4.34. The molecule has 1 aliphatic heterocycles. The maximum absolute atomic E-state index is 12.8. The quantitative estimate of drug-likeness (QED) is 0.659. The van der Waals surface area contributed by atoms with Crippen molar-refractivity contribution in [3.63, 3.8) is 0 Å². The fourth-order valence-electron chi connectivity index (χ4n) is 2.65. The van der Waals surface area contributed by atoms with Gasteiger partial charge in [-0.25, -0.2) is 13.2 Å². The van der Waals surface area contributed by atoms with Crippen LogP contribution in [0.1, 0.15) is 23.2 Å². The van der Waals surface area contributed by atoms with Gasteiger partial charge in [-0.15, -0.1) is 0 Å². The van der Waals surface area contributed by atoms with Gasteiger partial charge in [-0.1, -0.05) is 0 Å². The van der Waals surface area contributed by atoms with Crippen molar-refractivity contribution in [2.24, 2.45) is 0 Å². The number of benzene rings is 1. The maximum atomic E-state index is 12.8. The molecule has 0 bridgehead atoms. The molecule has 0 radical (unpaired) electrons. The van der Waals surface area contributed by atoms with Crippen molar-refractivity contribution in [1.29, 1.82) is 0 Å². The van der Waals surface area contributed by atoms with E-state index in [0.717, 1.165) is 12.8 Å². The van der Waals surface area contributed by atoms with Crippen LogP contribution in [-0.4, -0.2) is 69.7 Å². The van der Waals surface area contributed by atoms with Crippen LogP contribution in [-0.2, 0) is 19.6 Å². The maximum Gasteiger partial charge on any atom is 0.334 e. The number of carboxylic acids is 1. The molecule has 1 heterocycles. The molecule has 1 aromatic rings. The van der Waals surface area contributed by atoms with Gasteiger partial charge < -0.3 is 19.9 Å². The smallest absolute Gasteiger partial charge is 0.334 e. The summed E-state index contributed by atoms with van der Waals surface area (Å²) in [5.74, 6) is -1.66. The van der Waals surface area contributed by atoms with Gasteiger partial charge in [0.15, 0.2) is 6.10 Å². The number of nitrogens with one attached hydrogen (secondary N) is 1. The molecule has 26 heavy (non-hydrogen) atoms. The van der Waals surface area contributed by atoms with Gasteiger partial charge in [0, 0.05) is 25.8 Å². The summed E-state index contributed by atoms with van der Waals surface area (Å²) in [6.07, 6.45) is 0.384. The molecule has 9 nitrogen and oxygen atoms in total. The van der Waals surface area contributed by atoms with E-state index in [0.29, 0.717) is 13.1 Å². The summed E-state index contributed by atoms with van der Waals surface area (Å²) in [7, 11) is -1.20. The minimum absolute atomic E-state index is 0.0869. The summed E-state index contributed by atoms with van der Waals surface area (Å²) in [6, 6.07) is 4.06. The molecule has 0 saturated carbocycles. The number of carboxylic acid groups (broad SMARTS) is 1. The largest absolute Gasteiger partial charge is 0.495 e. The number of rotatable bonds is 8. The second-order valence-electron chi connectivity index (χ2n) is 5.75. The zero-order chi connectivity index (χ0) is 19.3. The van der Waals surface area contributed by atoms with Crippen molar-refractivity contribution in [3.05, 3.63) is 23.8 Å². The Morgan fingerprint density at radius 1 is 1.27 bits per heavy atom. The second-order valence-corrected chi connectivity index (χ2v) is 7.66. The lowest BCUT2D eigenvalue weighted by molar-refractivity contribution is -0.148. The van der Waals surface area contributed by atoms with Crippen molar-refractivity contribution in [2.75, 3.05) is 33.9 Å². The number of ether oxygens (including phenoxy) is 2. The van der Waals surface area contributed by atoms with Crippen molar-refractivity contribution in [3.8, 4) is 5.75 Å². The standard InChI is InChI=1S/C16H22N2O7S/c1-24-12-6-5-11(15(19)17-10-13(25-2)16(20)21)9-14(12)26(22,23)18-7-3-4-8-18/h5-6,9,13H,3-4,7-8,10H2,1-2H3,(H,17,19)(H,20,21). The van der Waals surface area contributed by atoms with Crippen LogP contribution in [0, 0.1) is 0 Å². The lowest BCUT2D eigenvalue weighted by Crippen LogP contribution is -2.38. The SMILES string of the molecule is COc1ccc(C(=O)NCC(OC)C(=O)O)cc1S(=O)(=O)N1CCCC1. The number of nitrogens with zero attached hydrogens (tertiary/aromatic N) is 1. The molecule has 0 aliphatic carbocycles. The lowest BCUT2D eigenvalue weighted by atomic mass is 10.2. The predicted molar refractivity (Wildman–Crippen MR) is 91.8 cm³/mol. The van der Waals surface area contributed by atoms with Crippen LogP contribution in [0.25, 0.3) is 0 Å². The number of carbonyl (C=O) groups is 2. The van der Waals surface area contributed by atoms with Gasteiger partial charge in [0.25, 0.3) is 5.91 Å². The average molecular weight is 386 g/mol. The predicted octanol–water partition coefficient (Wildman–Crippen LogP) is 0.309. The minimum Gasteiger partial charge on any atom is -0.495 e. The highest BCUT2D eigenvalue weighted by Crippen LogP contribution is 2.29. The van der Waals surface area contributed by atoms with Crippen molar-refractivity contribution in [1.82, 2.24) is 9.62 Å². The van der Waals surface area contributed by atoms with Crippen LogP contribution in [0.4, 0.5) is 0 Å². The zero-order valence-electron chi connectivity index (χ0n) is 14.6. The van der Waals surface area contributed by atoms with Gasteiger partial charge in [-0.2, -0.15) is 4.31 Å². The first kappa shape index (κ1) is 20.1. The molecule has 10 heteroatoms. The Bertz CT molecular complexity index is 773. The van der Waals surface area contributed by atoms with E-state index in [1.807, 2.05) is 0 Å². The molecule has 0 spiro atoms. The van der Waals surface area contributed by atoms with E-state index in [-0.39, 0.29) is 22.8 Å². The topological polar surface area (TPSA) is 122 Å². The Morgan fingerprint density at radius 2 is 1.92 bits per heavy atom. The lowest BCUT2D eigenvalue weighted by Gasteiger charge is -2.18. The molecular weight excluding hydrogens is 364 g/mol. The van der Waals surface area contributed by atoms with Crippen LogP contribution in [0.2, 0.25) is 0 Å². The van der Waals surface area contributed by atoms with Gasteiger partial charge in [0.05, 0.1) is 13.7 Å². The Hall–Kier alpha value is -2.17. The third kappa shape index (κ3) is 4.32. The molecule has 1 aliphatic rings. The summed E-state index contributed by atoms with van der Waals surface area (Å²) >= 11 is 0. The molecule has 2 N–H and O–H groups in total. The van der Waals surface area contributed by atoms with Crippen molar-refractivity contribution in [2.45, 2.75) is 23.8 Å². The number of hydrogen-bond acceptors (Lipinski definition) is 6. The van der Waals surface area contributed by atoms with E-state index in [2.05, 4.69) is 5.32 Å². The first-order chi connectivity index (χ1) is 12.3. The monoisotopic (exact) mass is 386 g/mol. The van der Waals surface area contributed by atoms with Gasteiger partial charge in [-0.05, 0) is 31.0 Å². The summed E-state index contributed by atoms with van der Waals surface area (Å²) in [5.41, 5.74) is 0.0869. The van der Waals surface area contributed by atoms with Crippen LogP contribution in [0.5, 0.6) is 5.75 Å². The van der Waals surface area contributed by atoms with E-state index in [1.165, 1.54) is 36.7 Å². The minimum atomic E-state index is -3.78. The normalized spacial score (nSPS) is 16.2. The summed E-state index contributed by atoms with van der Waals surface area (Å²) < 4.78 is 36.9. The molecular formula is C16H22N2O7S. The van der Waals surface area contributed by atoms with Crippen LogP contribution in [0.15, 0.2) is 23.1 Å². The molecule has 144 valence electrons. The van der Waals surface area contributed by atoms with Crippen molar-refractivity contribution >= 4 is 21.9 Å². The molecule has 1 unspecified atom stereocenters. The molecule has 2 rings (SSSR count). The highest BCUT2D eigenvalue weighted by atomic mass is 32.2. The highest BCUT2D eigenvalue weighted by Gasteiger charge is 2.30. The van der Waals surface area contributed by atoms with E-state index < -0.39 is 28.0 Å². The van der Waals surface area contributed by atoms with Gasteiger partial charge in [-0.3, -0.25) is 4.79 Å². The van der Waals surface area contributed by atoms with Crippen LogP contribution >= 0.6 is 0 Å². The molecule has 1 amide bonds. The number of carbonyl (C=O) groups excluding carboxylic acids is 1. The first-order valence-corrected chi connectivity index (χ1v) is 9.47. The van der Waals surface area contributed by atoms with E-state index in [9.17, 15) is 18.0 Å². The molecule has 1 saturated heterocycles. The molecule has 0 aromatic heterocycles. The Morgan fingerprint density at radius 3 is 2.46 bits per heavy atom. The Balaban J connectivity index is 2.26. The number of methoxy groups -OCH3 is 2. The van der Waals surface area contributed by atoms with Gasteiger partial charge in [0.1, 0.15) is 10.6 Å². The van der Waals surface area contributed by atoms with Crippen LogP contribution < -0.4 is 10.1 Å². The van der Waals surface area contributed by atoms with E-state index in [4.69, 9.17) is 14.6 Å². The second kappa shape index (κ2) is 8.47. The Labute approximate surface area is 151 Å². The summed E-state index contributed by atoms with van der Waals surface area (Å²) in [6.45, 7) is 0.608. The van der Waals surface area contributed by atoms with Crippen molar-refractivity contribution < 1.29 is 32.6 Å². The highest BCUT2D eigenvalue weighted by molar-refractivity contribution is 7.89. The van der Waals surface area contributed by atoms with E-state index in [1.54, 1.807) is 0 Å². The number of amides is 1. The number of hydrogen-bond donors (Lipinski definition) is 2. The fraction of sp³-hybridized carbons (Fsp3) is 0.500. The third-order valence-corrected chi connectivity index (χ3v) is 6.04. The van der Waals surface area contributed by atoms with Crippen LogP contribution in [0.3, 0.4) is 0 Å². The molecule has 1 aromatic carbocycles. The van der Waals surface area contributed by atoms with Gasteiger partial charge >= 0.3 is 5.97 Å². The third-order valence-electron chi connectivity index (χ3n) is 4.12. The van der Waals surface area contributed by atoms with E-state index >= 15 is 0 Å². The number of sulfonamides is 1. The first-order valence-electron chi connectivity index (χ1n) is 8.03. The molecule has 1 fully saturated rings.